The minimum atomic E-state index is 0.0321. The van der Waals surface area contributed by atoms with Gasteiger partial charge in [-0.1, -0.05) is 19.8 Å². The molecule has 0 spiro atoms. The molecule has 4 heteroatoms. The van der Waals surface area contributed by atoms with Gasteiger partial charge in [-0.05, 0) is 49.9 Å². The third-order valence-electron chi connectivity index (χ3n) is 3.64. The van der Waals surface area contributed by atoms with E-state index in [-0.39, 0.29) is 11.9 Å². The van der Waals surface area contributed by atoms with E-state index in [1.165, 1.54) is 0 Å². The molecular formula is C16H27N3O. The molecular weight excluding hydrogens is 250 g/mol. The smallest absolute Gasteiger partial charge is 0.220 e. The van der Waals surface area contributed by atoms with E-state index in [1.54, 1.807) is 12.4 Å². The largest absolute Gasteiger partial charge is 0.350 e. The van der Waals surface area contributed by atoms with Crippen LogP contribution in [0.25, 0.3) is 0 Å². The summed E-state index contributed by atoms with van der Waals surface area (Å²) in [5.41, 5.74) is 6.70. The molecule has 0 aromatic carbocycles. The topological polar surface area (TPSA) is 68.0 Å². The maximum absolute atomic E-state index is 12.0. The normalized spacial score (nSPS) is 13.8. The fraction of sp³-hybridized carbons (Fsp3) is 0.625. The molecule has 1 rings (SSSR count). The van der Waals surface area contributed by atoms with Crippen LogP contribution in [0.15, 0.2) is 24.5 Å². The van der Waals surface area contributed by atoms with Gasteiger partial charge < -0.3 is 11.1 Å². The standard InChI is InChI=1S/C16H27N3O/c1-3-4-14(7-10-17)5-6-16(20)19-13(2)15-8-11-18-12-9-15/h8-9,11-14H,3-7,10,17H2,1-2H3,(H,19,20)/t13-,14?/m0/s1. The number of amides is 1. The summed E-state index contributed by atoms with van der Waals surface area (Å²) in [6, 6.07) is 3.89. The second-order valence-corrected chi connectivity index (χ2v) is 5.34. The van der Waals surface area contributed by atoms with Crippen molar-refractivity contribution in [2.45, 2.75) is 52.0 Å². The van der Waals surface area contributed by atoms with E-state index >= 15 is 0 Å². The predicted octanol–water partition coefficient (Wildman–Crippen LogP) is 2.80. The Kier molecular flexibility index (Phi) is 7.88. The van der Waals surface area contributed by atoms with Crippen molar-refractivity contribution in [3.63, 3.8) is 0 Å². The number of pyridine rings is 1. The molecule has 0 fully saturated rings. The zero-order chi connectivity index (χ0) is 14.8. The summed E-state index contributed by atoms with van der Waals surface area (Å²) in [6.07, 6.45) is 8.33. The van der Waals surface area contributed by atoms with Gasteiger partial charge in [0.15, 0.2) is 0 Å². The fourth-order valence-corrected chi connectivity index (χ4v) is 2.46. The summed E-state index contributed by atoms with van der Waals surface area (Å²) < 4.78 is 0. The van der Waals surface area contributed by atoms with Crippen molar-refractivity contribution in [2.75, 3.05) is 6.54 Å². The summed E-state index contributed by atoms with van der Waals surface area (Å²) >= 11 is 0. The second kappa shape index (κ2) is 9.48. The first-order valence-electron chi connectivity index (χ1n) is 7.56. The van der Waals surface area contributed by atoms with Gasteiger partial charge in [-0.2, -0.15) is 0 Å². The quantitative estimate of drug-likeness (QED) is 0.729. The van der Waals surface area contributed by atoms with Gasteiger partial charge in [-0.15, -0.1) is 0 Å². The molecule has 2 atom stereocenters. The first kappa shape index (κ1) is 16.6. The van der Waals surface area contributed by atoms with Crippen molar-refractivity contribution in [1.82, 2.24) is 10.3 Å². The van der Waals surface area contributed by atoms with Crippen LogP contribution in [-0.2, 0) is 4.79 Å². The summed E-state index contributed by atoms with van der Waals surface area (Å²) in [6.45, 7) is 4.88. The van der Waals surface area contributed by atoms with Gasteiger partial charge >= 0.3 is 0 Å². The maximum atomic E-state index is 12.0. The van der Waals surface area contributed by atoms with Crippen LogP contribution >= 0.6 is 0 Å². The molecule has 1 aromatic heterocycles. The van der Waals surface area contributed by atoms with E-state index in [0.29, 0.717) is 18.9 Å². The molecule has 4 nitrogen and oxygen atoms in total. The highest BCUT2D eigenvalue weighted by Crippen LogP contribution is 2.17. The summed E-state index contributed by atoms with van der Waals surface area (Å²) in [5.74, 6) is 0.694. The van der Waals surface area contributed by atoms with Crippen LogP contribution in [0.5, 0.6) is 0 Å². The van der Waals surface area contributed by atoms with Gasteiger partial charge in [0.1, 0.15) is 0 Å². The Labute approximate surface area is 122 Å². The molecule has 3 N–H and O–H groups in total. The average Bonchev–Trinajstić information content (AvgIpc) is 2.46. The van der Waals surface area contributed by atoms with Crippen molar-refractivity contribution in [3.8, 4) is 0 Å². The summed E-state index contributed by atoms with van der Waals surface area (Å²) in [7, 11) is 0. The molecule has 1 unspecified atom stereocenters. The first-order chi connectivity index (χ1) is 9.67. The summed E-state index contributed by atoms with van der Waals surface area (Å²) in [4.78, 5) is 16.0. The molecule has 0 aliphatic heterocycles. The molecule has 0 bridgehead atoms. The first-order valence-corrected chi connectivity index (χ1v) is 7.56. The van der Waals surface area contributed by atoms with Crippen molar-refractivity contribution in [1.29, 1.82) is 0 Å². The van der Waals surface area contributed by atoms with Crippen molar-refractivity contribution in [2.24, 2.45) is 11.7 Å². The lowest BCUT2D eigenvalue weighted by atomic mass is 9.94. The third kappa shape index (κ3) is 6.15. The predicted molar refractivity (Wildman–Crippen MR) is 82.1 cm³/mol. The van der Waals surface area contributed by atoms with E-state index in [0.717, 1.165) is 31.2 Å². The van der Waals surface area contributed by atoms with E-state index in [2.05, 4.69) is 17.2 Å². The van der Waals surface area contributed by atoms with Crippen molar-refractivity contribution in [3.05, 3.63) is 30.1 Å². The molecule has 112 valence electrons. The van der Waals surface area contributed by atoms with Crippen LogP contribution in [0.4, 0.5) is 0 Å². The van der Waals surface area contributed by atoms with E-state index in [4.69, 9.17) is 5.73 Å². The maximum Gasteiger partial charge on any atom is 0.220 e. The number of nitrogens with zero attached hydrogens (tertiary/aromatic N) is 1. The molecule has 0 saturated heterocycles. The van der Waals surface area contributed by atoms with Gasteiger partial charge in [-0.25, -0.2) is 0 Å². The average molecular weight is 277 g/mol. The molecule has 0 saturated carbocycles. The van der Waals surface area contributed by atoms with Crippen LogP contribution in [0.2, 0.25) is 0 Å². The van der Waals surface area contributed by atoms with Gasteiger partial charge in [0.05, 0.1) is 6.04 Å². The SMILES string of the molecule is CCCC(CCN)CCC(=O)N[C@@H](C)c1ccncc1. The van der Waals surface area contributed by atoms with Crippen LogP contribution in [0, 0.1) is 5.92 Å². The van der Waals surface area contributed by atoms with E-state index in [9.17, 15) is 4.79 Å². The minimum Gasteiger partial charge on any atom is -0.350 e. The fourth-order valence-electron chi connectivity index (χ4n) is 2.46. The number of carbonyl (C=O) groups is 1. The van der Waals surface area contributed by atoms with Gasteiger partial charge in [0.25, 0.3) is 0 Å². The molecule has 0 aliphatic rings. The number of aromatic nitrogens is 1. The van der Waals surface area contributed by atoms with E-state index in [1.807, 2.05) is 19.1 Å². The van der Waals surface area contributed by atoms with Crippen LogP contribution in [0.1, 0.15) is 57.6 Å². The molecule has 0 radical (unpaired) electrons. The zero-order valence-electron chi connectivity index (χ0n) is 12.6. The molecule has 0 aliphatic carbocycles. The van der Waals surface area contributed by atoms with Gasteiger partial charge in [-0.3, -0.25) is 9.78 Å². The highest BCUT2D eigenvalue weighted by atomic mass is 16.1. The Balaban J connectivity index is 2.35. The highest BCUT2D eigenvalue weighted by Gasteiger charge is 2.12. The molecule has 1 amide bonds. The Hall–Kier alpha value is -1.42. The lowest BCUT2D eigenvalue weighted by Crippen LogP contribution is -2.27. The Morgan fingerprint density at radius 3 is 2.60 bits per heavy atom. The lowest BCUT2D eigenvalue weighted by Gasteiger charge is -2.17. The van der Waals surface area contributed by atoms with Crippen molar-refractivity contribution >= 4 is 5.91 Å². The number of rotatable bonds is 9. The Bertz CT molecular complexity index is 375. The van der Waals surface area contributed by atoms with Crippen LogP contribution < -0.4 is 11.1 Å². The Morgan fingerprint density at radius 2 is 2.00 bits per heavy atom. The van der Waals surface area contributed by atoms with E-state index < -0.39 is 0 Å². The number of nitrogens with two attached hydrogens (primary N) is 1. The number of nitrogens with one attached hydrogen (secondary N) is 1. The van der Waals surface area contributed by atoms with Gasteiger partial charge in [0.2, 0.25) is 5.91 Å². The second-order valence-electron chi connectivity index (χ2n) is 5.34. The number of hydrogen-bond donors (Lipinski definition) is 2. The van der Waals surface area contributed by atoms with Gasteiger partial charge in [0, 0.05) is 18.8 Å². The van der Waals surface area contributed by atoms with Crippen molar-refractivity contribution < 1.29 is 4.79 Å². The Morgan fingerprint density at radius 1 is 1.30 bits per heavy atom. The number of hydrogen-bond acceptors (Lipinski definition) is 3. The zero-order valence-corrected chi connectivity index (χ0v) is 12.6. The monoisotopic (exact) mass is 277 g/mol. The van der Waals surface area contributed by atoms with Crippen LogP contribution in [-0.4, -0.2) is 17.4 Å². The summed E-state index contributed by atoms with van der Waals surface area (Å²) in [5, 5.41) is 3.04. The van der Waals surface area contributed by atoms with Crippen LogP contribution in [0.3, 0.4) is 0 Å². The lowest BCUT2D eigenvalue weighted by molar-refractivity contribution is -0.122. The molecule has 20 heavy (non-hydrogen) atoms. The highest BCUT2D eigenvalue weighted by molar-refractivity contribution is 5.76. The number of carbonyl (C=O) groups excluding carboxylic acids is 1. The molecule has 1 heterocycles. The third-order valence-corrected chi connectivity index (χ3v) is 3.64. The molecule has 1 aromatic rings. The minimum absolute atomic E-state index is 0.0321.